The van der Waals surface area contributed by atoms with Gasteiger partial charge in [0.1, 0.15) is 18.3 Å². The zero-order chi connectivity index (χ0) is 29.9. The Kier molecular flexibility index (Phi) is 8.96. The minimum Gasteiger partial charge on any atom is -0.445 e. The molecule has 42 heavy (non-hydrogen) atoms. The quantitative estimate of drug-likeness (QED) is 0.474. The molecule has 0 radical (unpaired) electrons. The minimum absolute atomic E-state index is 0.0530. The molecule has 1 unspecified atom stereocenters. The second kappa shape index (κ2) is 12.6. The Labute approximate surface area is 245 Å². The maximum absolute atomic E-state index is 15.2. The monoisotopic (exact) mass is 583 g/mol. The highest BCUT2D eigenvalue weighted by Gasteiger charge is 2.40. The number of benzene rings is 2. The van der Waals surface area contributed by atoms with Crippen molar-refractivity contribution >= 4 is 29.3 Å². The van der Waals surface area contributed by atoms with Gasteiger partial charge >= 0.3 is 6.09 Å². The Hall–Kier alpha value is -3.73. The van der Waals surface area contributed by atoms with Crippen LogP contribution in [0.15, 0.2) is 42.5 Å². The fraction of sp³-hybridized carbons (Fsp3) is 0.516. The van der Waals surface area contributed by atoms with Crippen LogP contribution < -0.4 is 15.5 Å². The summed E-state index contributed by atoms with van der Waals surface area (Å²) in [6, 6.07) is 11.3. The summed E-state index contributed by atoms with van der Waals surface area (Å²) in [6.45, 7) is 8.38. The standard InChI is InChI=1S/C31H39F2N5O4/c1-31(2,38-16-14-37(15-17-38)30(41)42-20-21-6-4-3-5-7-21)22-10-12-36(13-11-22)28-24(32)18-23(19-25(28)33)34-26-8-9-27(39)35-29(26)40/h3-7,18-19,22,26,34H,8-17,20H2,1-2H3,(H,35,39,40). The van der Waals surface area contributed by atoms with Crippen LogP contribution in [0.3, 0.4) is 0 Å². The number of halogens is 2. The van der Waals surface area contributed by atoms with E-state index in [1.807, 2.05) is 30.3 Å². The van der Waals surface area contributed by atoms with Crippen LogP contribution in [0.2, 0.25) is 0 Å². The van der Waals surface area contributed by atoms with Crippen molar-refractivity contribution in [1.29, 1.82) is 0 Å². The molecule has 0 bridgehead atoms. The minimum atomic E-state index is -0.716. The van der Waals surface area contributed by atoms with Crippen molar-refractivity contribution in [2.45, 2.75) is 57.7 Å². The molecule has 2 N–H and O–H groups in total. The first kappa shape index (κ1) is 29.8. The summed E-state index contributed by atoms with van der Waals surface area (Å²) in [4.78, 5) is 41.9. The van der Waals surface area contributed by atoms with Gasteiger partial charge in [-0.3, -0.25) is 19.8 Å². The van der Waals surface area contributed by atoms with Crippen LogP contribution in [0.5, 0.6) is 0 Å². The lowest BCUT2D eigenvalue weighted by Crippen LogP contribution is -2.59. The van der Waals surface area contributed by atoms with Crippen molar-refractivity contribution in [3.8, 4) is 0 Å². The Morgan fingerprint density at radius 3 is 2.24 bits per heavy atom. The summed E-state index contributed by atoms with van der Waals surface area (Å²) >= 11 is 0. The number of nitrogens with zero attached hydrogens (tertiary/aromatic N) is 3. The third kappa shape index (κ3) is 6.67. The van der Waals surface area contributed by atoms with Gasteiger partial charge in [0.15, 0.2) is 11.6 Å². The summed E-state index contributed by atoms with van der Waals surface area (Å²) in [6.07, 6.45) is 1.70. The Balaban J connectivity index is 1.12. The molecule has 0 saturated carbocycles. The number of ether oxygens (including phenoxy) is 1. The predicted molar refractivity (Wildman–Crippen MR) is 155 cm³/mol. The molecule has 5 rings (SSSR count). The molecule has 3 aliphatic heterocycles. The topological polar surface area (TPSA) is 94.2 Å². The molecule has 2 aromatic carbocycles. The van der Waals surface area contributed by atoms with Crippen molar-refractivity contribution in [3.63, 3.8) is 0 Å². The number of carbonyl (C=O) groups is 3. The molecule has 0 aliphatic carbocycles. The van der Waals surface area contributed by atoms with Crippen molar-refractivity contribution in [2.75, 3.05) is 49.5 Å². The van der Waals surface area contributed by atoms with Crippen LogP contribution in [0.25, 0.3) is 0 Å². The molecule has 3 fully saturated rings. The molecule has 2 aromatic rings. The number of piperazine rings is 1. The largest absolute Gasteiger partial charge is 0.445 e. The lowest BCUT2D eigenvalue weighted by atomic mass is 9.78. The summed E-state index contributed by atoms with van der Waals surface area (Å²) in [5, 5.41) is 5.09. The molecular weight excluding hydrogens is 544 g/mol. The number of amides is 3. The highest BCUT2D eigenvalue weighted by molar-refractivity contribution is 6.01. The average molecular weight is 584 g/mol. The number of piperidine rings is 2. The van der Waals surface area contributed by atoms with E-state index in [0.29, 0.717) is 32.1 Å². The summed E-state index contributed by atoms with van der Waals surface area (Å²) in [7, 11) is 0. The highest BCUT2D eigenvalue weighted by Crippen LogP contribution is 2.37. The lowest BCUT2D eigenvalue weighted by molar-refractivity contribution is -0.133. The van der Waals surface area contributed by atoms with Gasteiger partial charge in [0.05, 0.1) is 0 Å². The van der Waals surface area contributed by atoms with Crippen molar-refractivity contribution < 1.29 is 27.9 Å². The molecule has 3 heterocycles. The predicted octanol–water partition coefficient (Wildman–Crippen LogP) is 4.13. The third-order valence-electron chi connectivity index (χ3n) is 8.97. The van der Waals surface area contributed by atoms with E-state index in [0.717, 1.165) is 31.5 Å². The van der Waals surface area contributed by atoms with Crippen molar-refractivity contribution in [1.82, 2.24) is 15.1 Å². The van der Waals surface area contributed by atoms with Crippen LogP contribution in [0, 0.1) is 17.6 Å². The second-order valence-corrected chi connectivity index (χ2v) is 11.9. The summed E-state index contributed by atoms with van der Waals surface area (Å²) in [5.74, 6) is -1.88. The number of carbonyl (C=O) groups excluding carboxylic acids is 3. The van der Waals surface area contributed by atoms with Crippen molar-refractivity contribution in [3.05, 3.63) is 59.7 Å². The van der Waals surface area contributed by atoms with E-state index in [1.54, 1.807) is 9.80 Å². The molecule has 3 aliphatic rings. The SMILES string of the molecule is CC(C)(C1CCN(c2c(F)cc(NC3CCC(=O)NC3=O)cc2F)CC1)N1CCN(C(=O)OCc2ccccc2)CC1. The molecule has 1 atom stereocenters. The zero-order valence-corrected chi connectivity index (χ0v) is 24.2. The molecule has 11 heteroatoms. The summed E-state index contributed by atoms with van der Waals surface area (Å²) < 4.78 is 35.8. The first-order valence-electron chi connectivity index (χ1n) is 14.7. The smallest absolute Gasteiger partial charge is 0.410 e. The van der Waals surface area contributed by atoms with Crippen LogP contribution in [-0.2, 0) is 20.9 Å². The number of hydrogen-bond donors (Lipinski definition) is 2. The molecule has 0 spiro atoms. The molecule has 0 aromatic heterocycles. The van der Waals surface area contributed by atoms with Gasteiger partial charge in [-0.05, 0) is 56.7 Å². The first-order valence-corrected chi connectivity index (χ1v) is 14.7. The Bertz CT molecular complexity index is 1270. The Morgan fingerprint density at radius 1 is 0.976 bits per heavy atom. The fourth-order valence-electron chi connectivity index (χ4n) is 6.33. The fourth-order valence-corrected chi connectivity index (χ4v) is 6.33. The first-order chi connectivity index (χ1) is 20.1. The average Bonchev–Trinajstić information content (AvgIpc) is 2.98. The molecule has 226 valence electrons. The number of hydrogen-bond acceptors (Lipinski definition) is 7. The third-order valence-corrected chi connectivity index (χ3v) is 8.97. The second-order valence-electron chi connectivity index (χ2n) is 11.9. The van der Waals surface area contributed by atoms with Gasteiger partial charge < -0.3 is 19.9 Å². The summed E-state index contributed by atoms with van der Waals surface area (Å²) in [5.41, 5.74) is 0.931. The van der Waals surface area contributed by atoms with Gasteiger partial charge in [0, 0.05) is 56.9 Å². The maximum atomic E-state index is 15.2. The van der Waals surface area contributed by atoms with Gasteiger partial charge in [-0.2, -0.15) is 0 Å². The van der Waals surface area contributed by atoms with E-state index in [1.165, 1.54) is 12.1 Å². The van der Waals surface area contributed by atoms with Crippen LogP contribution in [0.1, 0.15) is 45.1 Å². The number of imide groups is 1. The van der Waals surface area contributed by atoms with Gasteiger partial charge in [0.25, 0.3) is 0 Å². The van der Waals surface area contributed by atoms with E-state index in [-0.39, 0.29) is 48.4 Å². The van der Waals surface area contributed by atoms with E-state index < -0.39 is 23.6 Å². The van der Waals surface area contributed by atoms with Gasteiger partial charge in [-0.15, -0.1) is 0 Å². The van der Waals surface area contributed by atoms with Gasteiger partial charge in [-0.1, -0.05) is 30.3 Å². The number of rotatable bonds is 7. The number of anilines is 2. The van der Waals surface area contributed by atoms with Crippen LogP contribution in [-0.4, -0.2) is 78.6 Å². The van der Waals surface area contributed by atoms with E-state index in [9.17, 15) is 14.4 Å². The van der Waals surface area contributed by atoms with Gasteiger partial charge in [-0.25, -0.2) is 13.6 Å². The number of nitrogens with one attached hydrogen (secondary N) is 2. The Morgan fingerprint density at radius 2 is 1.62 bits per heavy atom. The zero-order valence-electron chi connectivity index (χ0n) is 24.2. The molecule has 9 nitrogen and oxygen atoms in total. The molecule has 3 saturated heterocycles. The van der Waals surface area contributed by atoms with Crippen LogP contribution in [0.4, 0.5) is 25.0 Å². The van der Waals surface area contributed by atoms with Crippen molar-refractivity contribution in [2.24, 2.45) is 5.92 Å². The normalized spacial score (nSPS) is 20.8. The van der Waals surface area contributed by atoms with E-state index in [4.69, 9.17) is 4.74 Å². The lowest BCUT2D eigenvalue weighted by Gasteiger charge is -2.50. The highest BCUT2D eigenvalue weighted by atomic mass is 19.1. The maximum Gasteiger partial charge on any atom is 0.410 e. The van der Waals surface area contributed by atoms with Crippen LogP contribution >= 0.6 is 0 Å². The molecule has 3 amide bonds. The van der Waals surface area contributed by atoms with E-state index in [2.05, 4.69) is 29.4 Å². The van der Waals surface area contributed by atoms with E-state index >= 15 is 8.78 Å². The molecular formula is C31H39F2N5O4. The van der Waals surface area contributed by atoms with Gasteiger partial charge in [0.2, 0.25) is 11.8 Å².